The van der Waals surface area contributed by atoms with Gasteiger partial charge in [-0.3, -0.25) is 4.79 Å². The predicted octanol–water partition coefficient (Wildman–Crippen LogP) is 6.03. The van der Waals surface area contributed by atoms with E-state index in [9.17, 15) is 10.1 Å². The van der Waals surface area contributed by atoms with Gasteiger partial charge in [-0.05, 0) is 64.0 Å². The average Bonchev–Trinajstić information content (AvgIpc) is 3.46. The van der Waals surface area contributed by atoms with Gasteiger partial charge in [0.2, 0.25) is 5.91 Å². The van der Waals surface area contributed by atoms with E-state index in [1.807, 2.05) is 30.3 Å². The minimum absolute atomic E-state index is 0.0289. The molecule has 0 bridgehead atoms. The van der Waals surface area contributed by atoms with E-state index in [4.69, 9.17) is 0 Å². The van der Waals surface area contributed by atoms with E-state index in [1.165, 1.54) is 4.70 Å². The van der Waals surface area contributed by atoms with Gasteiger partial charge in [0.1, 0.15) is 5.82 Å². The van der Waals surface area contributed by atoms with E-state index < -0.39 is 11.5 Å². The Morgan fingerprint density at radius 1 is 1.09 bits per heavy atom. The maximum absolute atomic E-state index is 13.6. The summed E-state index contributed by atoms with van der Waals surface area (Å²) in [4.78, 5) is 16.3. The molecule has 6 heteroatoms. The Hall–Kier alpha value is -3.40. The van der Waals surface area contributed by atoms with Crippen LogP contribution in [0.15, 0.2) is 77.8 Å². The number of benzene rings is 2. The molecule has 2 aromatic heterocycles. The van der Waals surface area contributed by atoms with Gasteiger partial charge in [-0.1, -0.05) is 36.9 Å². The van der Waals surface area contributed by atoms with Crippen molar-refractivity contribution in [3.8, 4) is 17.2 Å². The van der Waals surface area contributed by atoms with E-state index in [0.29, 0.717) is 11.4 Å². The zero-order valence-corrected chi connectivity index (χ0v) is 19.4. The molecule has 158 valence electrons. The van der Waals surface area contributed by atoms with Gasteiger partial charge in [-0.2, -0.15) is 5.26 Å². The topological polar surface area (TPSA) is 56.1 Å². The molecule has 32 heavy (non-hydrogen) atoms. The largest absolute Gasteiger partial charge is 0.361 e. The second-order valence-electron chi connectivity index (χ2n) is 8.18. The summed E-state index contributed by atoms with van der Waals surface area (Å²) in [6, 6.07) is 20.2. The van der Waals surface area contributed by atoms with Crippen LogP contribution in [0.2, 0.25) is 0 Å². The van der Waals surface area contributed by atoms with Crippen LogP contribution in [0.4, 0.5) is 0 Å². The molecule has 5 rings (SSSR count). The molecule has 1 aliphatic heterocycles. The highest BCUT2D eigenvalue weighted by molar-refractivity contribution is 7.17. The molecule has 1 aliphatic rings. The van der Waals surface area contributed by atoms with E-state index in [0.717, 1.165) is 27.0 Å². The highest BCUT2D eigenvalue weighted by Crippen LogP contribution is 2.48. The molecule has 4 aromatic rings. The monoisotopic (exact) mass is 455 g/mol. The number of carbonyl (C=O) groups is 1. The Labute approximate surface area is 195 Å². The summed E-state index contributed by atoms with van der Waals surface area (Å²) in [7, 11) is 1.77. The van der Waals surface area contributed by atoms with Crippen molar-refractivity contribution >= 4 is 38.7 Å². The van der Waals surface area contributed by atoms with Crippen LogP contribution in [0.25, 0.3) is 21.2 Å². The van der Waals surface area contributed by atoms with E-state index in [-0.39, 0.29) is 5.91 Å². The van der Waals surface area contributed by atoms with E-state index in [2.05, 4.69) is 53.8 Å². The lowest BCUT2D eigenvalue weighted by atomic mass is 9.76. The molecule has 1 amide bonds. The molecule has 0 radical (unpaired) electrons. The summed E-state index contributed by atoms with van der Waals surface area (Å²) in [6.07, 6.45) is 0. The molecule has 0 spiro atoms. The normalized spacial score (nSPS) is 20.9. The smallest absolute Gasteiger partial charge is 0.238 e. The van der Waals surface area contributed by atoms with Gasteiger partial charge in [-0.25, -0.2) is 0 Å². The second kappa shape index (κ2) is 7.63. The van der Waals surface area contributed by atoms with Crippen LogP contribution in [0.3, 0.4) is 0 Å². The average molecular weight is 456 g/mol. The first-order chi connectivity index (χ1) is 15.4. The van der Waals surface area contributed by atoms with Gasteiger partial charge in [-0.15, -0.1) is 22.7 Å². The third-order valence-electron chi connectivity index (χ3n) is 6.22. The first-order valence-electron chi connectivity index (χ1n) is 10.2. The highest BCUT2D eigenvalue weighted by atomic mass is 32.1. The number of rotatable bonds is 3. The third-order valence-corrected chi connectivity index (χ3v) is 8.37. The molecule has 2 aromatic carbocycles. The molecule has 1 saturated heterocycles. The molecule has 4 nitrogen and oxygen atoms in total. The van der Waals surface area contributed by atoms with Crippen molar-refractivity contribution < 1.29 is 4.79 Å². The quantitative estimate of drug-likeness (QED) is 0.410. The first kappa shape index (κ1) is 20.5. The number of carbonyl (C=O) groups excluding carboxylic acids is 1. The fourth-order valence-electron chi connectivity index (χ4n) is 4.43. The van der Waals surface area contributed by atoms with Crippen LogP contribution in [0.5, 0.6) is 0 Å². The molecular weight excluding hydrogens is 434 g/mol. The Bertz CT molecular complexity index is 1410. The zero-order valence-electron chi connectivity index (χ0n) is 17.8. The summed E-state index contributed by atoms with van der Waals surface area (Å²) in [5, 5.41) is 18.1. The molecule has 2 atom stereocenters. The minimum Gasteiger partial charge on any atom is -0.361 e. The Kier molecular flexibility index (Phi) is 4.89. The number of amides is 1. The number of nitriles is 1. The van der Waals surface area contributed by atoms with Crippen molar-refractivity contribution in [2.75, 3.05) is 7.05 Å². The standard InChI is InChI=1S/C26H21N3OS2/c1-16-28-26(2,23-12-19(14-32-23)18-8-6-7-17(11-18)13-27)24(25(30)29(16)3)21-15-31-22-10-5-4-9-20(21)22/h4-12,14-15,24,28H,1H2,2-3H3/t24-,26+/m0/s1. The van der Waals surface area contributed by atoms with E-state index >= 15 is 0 Å². The first-order valence-corrected chi connectivity index (χ1v) is 12.0. The summed E-state index contributed by atoms with van der Waals surface area (Å²) >= 11 is 3.29. The molecule has 0 unspecified atom stereocenters. The zero-order chi connectivity index (χ0) is 22.5. The number of hydrogen-bond donors (Lipinski definition) is 1. The van der Waals surface area contributed by atoms with Crippen LogP contribution in [-0.4, -0.2) is 17.9 Å². The van der Waals surface area contributed by atoms with Gasteiger partial charge in [0.25, 0.3) is 0 Å². The Morgan fingerprint density at radius 2 is 1.91 bits per heavy atom. The fraction of sp³-hybridized carbons (Fsp3) is 0.154. The predicted molar refractivity (Wildman–Crippen MR) is 131 cm³/mol. The number of hydrogen-bond acceptors (Lipinski definition) is 5. The van der Waals surface area contributed by atoms with Crippen molar-refractivity contribution in [1.29, 1.82) is 5.26 Å². The van der Waals surface area contributed by atoms with Crippen LogP contribution in [0, 0.1) is 11.3 Å². The van der Waals surface area contributed by atoms with Gasteiger partial charge < -0.3 is 10.2 Å². The fourth-order valence-corrected chi connectivity index (χ4v) is 6.48. The SMILES string of the molecule is C=C1N[C@](C)(c2cc(-c3cccc(C#N)c3)cs2)[C@@H](c2csc3ccccc23)C(=O)N1C. The Balaban J connectivity index is 1.65. The van der Waals surface area contributed by atoms with Crippen LogP contribution < -0.4 is 5.32 Å². The molecule has 0 aliphatic carbocycles. The number of fused-ring (bicyclic) bond motifs is 1. The highest BCUT2D eigenvalue weighted by Gasteiger charge is 2.49. The summed E-state index contributed by atoms with van der Waals surface area (Å²) < 4.78 is 1.17. The van der Waals surface area contributed by atoms with Crippen molar-refractivity contribution in [2.45, 2.75) is 18.4 Å². The maximum atomic E-state index is 13.6. The van der Waals surface area contributed by atoms with Crippen molar-refractivity contribution in [3.63, 3.8) is 0 Å². The summed E-state index contributed by atoms with van der Waals surface area (Å²) in [6.45, 7) is 6.18. The minimum atomic E-state index is -0.653. The number of likely N-dealkylation sites (N-methyl/N-ethyl adjacent to an activating group) is 1. The molecule has 1 fully saturated rings. The molecular formula is C26H21N3OS2. The van der Waals surface area contributed by atoms with Gasteiger partial charge in [0, 0.05) is 16.6 Å². The van der Waals surface area contributed by atoms with E-state index in [1.54, 1.807) is 40.7 Å². The van der Waals surface area contributed by atoms with Crippen molar-refractivity contribution in [1.82, 2.24) is 10.2 Å². The summed E-state index contributed by atoms with van der Waals surface area (Å²) in [5.74, 6) is 0.224. The lowest BCUT2D eigenvalue weighted by Gasteiger charge is -2.46. The lowest BCUT2D eigenvalue weighted by molar-refractivity contribution is -0.134. The third kappa shape index (κ3) is 3.13. The van der Waals surface area contributed by atoms with Crippen LogP contribution in [0.1, 0.15) is 28.8 Å². The van der Waals surface area contributed by atoms with Crippen molar-refractivity contribution in [3.05, 3.63) is 93.8 Å². The number of thiophene rings is 2. The van der Waals surface area contributed by atoms with Gasteiger partial charge in [0.05, 0.1) is 23.1 Å². The van der Waals surface area contributed by atoms with Gasteiger partial charge >= 0.3 is 0 Å². The lowest BCUT2D eigenvalue weighted by Crippen LogP contribution is -2.57. The second-order valence-corrected chi connectivity index (χ2v) is 10.0. The molecule has 1 N–H and O–H groups in total. The Morgan fingerprint density at radius 3 is 2.72 bits per heavy atom. The molecule has 3 heterocycles. The maximum Gasteiger partial charge on any atom is 0.238 e. The summed E-state index contributed by atoms with van der Waals surface area (Å²) in [5.41, 5.74) is 3.04. The van der Waals surface area contributed by atoms with Crippen LogP contribution >= 0.6 is 22.7 Å². The van der Waals surface area contributed by atoms with Gasteiger partial charge in [0.15, 0.2) is 0 Å². The number of nitrogens with one attached hydrogen (secondary N) is 1. The number of nitrogens with zero attached hydrogens (tertiary/aromatic N) is 2. The molecule has 0 saturated carbocycles. The van der Waals surface area contributed by atoms with Crippen LogP contribution in [-0.2, 0) is 10.3 Å². The van der Waals surface area contributed by atoms with Crippen molar-refractivity contribution in [2.24, 2.45) is 0 Å².